The normalized spacial score (nSPS) is 21.1. The molecule has 0 bridgehead atoms. The quantitative estimate of drug-likeness (QED) is 0.721. The van der Waals surface area contributed by atoms with Crippen LogP contribution < -0.4 is 5.56 Å². The van der Waals surface area contributed by atoms with Gasteiger partial charge in [-0.3, -0.25) is 9.36 Å². The Hall–Kier alpha value is -2.54. The van der Waals surface area contributed by atoms with E-state index in [0.29, 0.717) is 26.1 Å². The van der Waals surface area contributed by atoms with E-state index in [1.165, 1.54) is 6.20 Å². The minimum Gasteiger partial charge on any atom is -0.352 e. The summed E-state index contributed by atoms with van der Waals surface area (Å²) in [5.74, 6) is 0. The highest BCUT2D eigenvalue weighted by atomic mass is 16.7. The average molecular weight is 351 g/mol. The summed E-state index contributed by atoms with van der Waals surface area (Å²) in [6, 6.07) is 17.7. The fraction of sp³-hybridized carbons (Fsp3) is 0.300. The van der Waals surface area contributed by atoms with E-state index in [1.54, 1.807) is 11.7 Å². The summed E-state index contributed by atoms with van der Waals surface area (Å²) in [4.78, 5) is 22.6. The Bertz CT molecular complexity index is 957. The molecule has 4 rings (SSSR count). The Morgan fingerprint density at radius 2 is 1.92 bits per heavy atom. The van der Waals surface area contributed by atoms with Crippen LogP contribution in [0.1, 0.15) is 5.56 Å². The van der Waals surface area contributed by atoms with Gasteiger partial charge in [-0.25, -0.2) is 4.98 Å². The lowest BCUT2D eigenvalue weighted by molar-refractivity contribution is -0.252. The Balaban J connectivity index is 1.91. The maximum atomic E-state index is 12.9. The molecule has 3 aromatic rings. The zero-order valence-electron chi connectivity index (χ0n) is 14.7. The summed E-state index contributed by atoms with van der Waals surface area (Å²) in [7, 11) is 1.64. The van der Waals surface area contributed by atoms with Crippen LogP contribution in [0, 0.1) is 0 Å². The summed E-state index contributed by atoms with van der Waals surface area (Å²) >= 11 is 0. The molecule has 1 atom stereocenters. The molecule has 1 aliphatic rings. The monoisotopic (exact) mass is 351 g/mol. The van der Waals surface area contributed by atoms with Gasteiger partial charge in [-0.15, -0.1) is 0 Å². The molecule has 6 nitrogen and oxygen atoms in total. The SMILES string of the molecule is CON1CCOC(Cc2ccccc2)(n2c(=O)cnc3ccccc32)C1. The van der Waals surface area contributed by atoms with Crippen molar-refractivity contribution in [2.45, 2.75) is 12.1 Å². The largest absolute Gasteiger partial charge is 0.352 e. The maximum Gasteiger partial charge on any atom is 0.271 e. The summed E-state index contributed by atoms with van der Waals surface area (Å²) < 4.78 is 8.02. The van der Waals surface area contributed by atoms with Crippen molar-refractivity contribution in [2.75, 3.05) is 26.8 Å². The van der Waals surface area contributed by atoms with Crippen LogP contribution in [0.15, 0.2) is 65.6 Å². The number of ether oxygens (including phenoxy) is 1. The molecular weight excluding hydrogens is 330 g/mol. The second-order valence-electron chi connectivity index (χ2n) is 6.42. The molecule has 0 amide bonds. The van der Waals surface area contributed by atoms with Gasteiger partial charge in [0.05, 0.1) is 37.5 Å². The van der Waals surface area contributed by atoms with Gasteiger partial charge in [-0.1, -0.05) is 42.5 Å². The second kappa shape index (κ2) is 6.99. The molecule has 6 heteroatoms. The van der Waals surface area contributed by atoms with E-state index in [1.807, 2.05) is 59.7 Å². The van der Waals surface area contributed by atoms with Crippen molar-refractivity contribution in [3.8, 4) is 0 Å². The number of fused-ring (bicyclic) bond motifs is 1. The number of morpholine rings is 1. The van der Waals surface area contributed by atoms with Crippen molar-refractivity contribution >= 4 is 11.0 Å². The molecule has 0 N–H and O–H groups in total. The number of hydrogen-bond acceptors (Lipinski definition) is 5. The van der Waals surface area contributed by atoms with E-state index in [9.17, 15) is 4.79 Å². The van der Waals surface area contributed by atoms with Gasteiger partial charge in [-0.05, 0) is 17.7 Å². The molecule has 134 valence electrons. The zero-order chi connectivity index (χ0) is 18.0. The number of aromatic nitrogens is 2. The molecule has 1 aromatic heterocycles. The maximum absolute atomic E-state index is 12.9. The van der Waals surface area contributed by atoms with E-state index in [0.717, 1.165) is 16.6 Å². The second-order valence-corrected chi connectivity index (χ2v) is 6.42. The Morgan fingerprint density at radius 1 is 1.15 bits per heavy atom. The molecule has 0 saturated carbocycles. The van der Waals surface area contributed by atoms with Crippen LogP contribution in [0.4, 0.5) is 0 Å². The van der Waals surface area contributed by atoms with Crippen molar-refractivity contribution in [3.63, 3.8) is 0 Å². The number of hydroxylamine groups is 2. The van der Waals surface area contributed by atoms with Crippen molar-refractivity contribution < 1.29 is 9.57 Å². The lowest BCUT2D eigenvalue weighted by atomic mass is 10.00. The predicted octanol–water partition coefficient (Wildman–Crippen LogP) is 2.19. The third kappa shape index (κ3) is 3.03. The molecule has 2 aromatic carbocycles. The van der Waals surface area contributed by atoms with E-state index < -0.39 is 5.72 Å². The van der Waals surface area contributed by atoms with Crippen LogP contribution in [-0.2, 0) is 21.7 Å². The zero-order valence-corrected chi connectivity index (χ0v) is 14.7. The van der Waals surface area contributed by atoms with Gasteiger partial charge in [0.1, 0.15) is 0 Å². The van der Waals surface area contributed by atoms with Crippen LogP contribution in [0.3, 0.4) is 0 Å². The van der Waals surface area contributed by atoms with E-state index in [2.05, 4.69) is 4.98 Å². The minimum atomic E-state index is -0.866. The van der Waals surface area contributed by atoms with E-state index >= 15 is 0 Å². The highest BCUT2D eigenvalue weighted by molar-refractivity contribution is 5.74. The predicted molar refractivity (Wildman–Crippen MR) is 98.7 cm³/mol. The average Bonchev–Trinajstić information content (AvgIpc) is 2.68. The number of rotatable bonds is 4. The highest BCUT2D eigenvalue weighted by Gasteiger charge is 2.41. The highest BCUT2D eigenvalue weighted by Crippen LogP contribution is 2.30. The van der Waals surface area contributed by atoms with Gasteiger partial charge in [0, 0.05) is 13.0 Å². The molecule has 0 aliphatic carbocycles. The molecular formula is C20H21N3O3. The summed E-state index contributed by atoms with van der Waals surface area (Å²) in [5.41, 5.74) is 1.57. The third-order valence-electron chi connectivity index (χ3n) is 4.78. The molecule has 2 heterocycles. The van der Waals surface area contributed by atoms with Crippen molar-refractivity contribution in [1.29, 1.82) is 0 Å². The number of nitrogens with zero attached hydrogens (tertiary/aromatic N) is 3. The first-order valence-electron chi connectivity index (χ1n) is 8.66. The first-order chi connectivity index (χ1) is 12.7. The number of benzene rings is 2. The third-order valence-corrected chi connectivity index (χ3v) is 4.78. The number of para-hydroxylation sites is 2. The lowest BCUT2D eigenvalue weighted by Gasteiger charge is -2.43. The molecule has 1 saturated heterocycles. The fourth-order valence-electron chi connectivity index (χ4n) is 3.61. The first kappa shape index (κ1) is 16.9. The molecule has 1 unspecified atom stereocenters. The van der Waals surface area contributed by atoms with Crippen LogP contribution in [0.5, 0.6) is 0 Å². The van der Waals surface area contributed by atoms with Crippen LogP contribution in [0.25, 0.3) is 11.0 Å². The summed E-state index contributed by atoms with van der Waals surface area (Å²) in [6.45, 7) is 1.58. The topological polar surface area (TPSA) is 56.6 Å². The van der Waals surface area contributed by atoms with Crippen LogP contribution >= 0.6 is 0 Å². The Labute approximate surface area is 151 Å². The van der Waals surface area contributed by atoms with Gasteiger partial charge < -0.3 is 9.57 Å². The first-order valence-corrected chi connectivity index (χ1v) is 8.66. The fourth-order valence-corrected chi connectivity index (χ4v) is 3.61. The van der Waals surface area contributed by atoms with E-state index in [4.69, 9.17) is 9.57 Å². The van der Waals surface area contributed by atoms with Crippen LogP contribution in [0.2, 0.25) is 0 Å². The van der Waals surface area contributed by atoms with Crippen molar-refractivity contribution in [3.05, 3.63) is 76.7 Å². The lowest BCUT2D eigenvalue weighted by Crippen LogP contribution is -2.57. The Kier molecular flexibility index (Phi) is 4.55. The van der Waals surface area contributed by atoms with Crippen LogP contribution in [-0.4, -0.2) is 41.4 Å². The van der Waals surface area contributed by atoms with Gasteiger partial charge in [-0.2, -0.15) is 5.06 Å². The standard InChI is InChI=1S/C20H21N3O3/c1-25-22-11-12-26-20(15-22,13-16-7-3-2-4-8-16)23-18-10-6-5-9-17(18)21-14-19(23)24/h2-10,14H,11-13,15H2,1H3. The summed E-state index contributed by atoms with van der Waals surface area (Å²) in [5, 5.41) is 1.84. The molecule has 0 spiro atoms. The number of hydrogen-bond donors (Lipinski definition) is 0. The Morgan fingerprint density at radius 3 is 2.73 bits per heavy atom. The van der Waals surface area contributed by atoms with Crippen molar-refractivity contribution in [1.82, 2.24) is 14.6 Å². The molecule has 1 aliphatic heterocycles. The van der Waals surface area contributed by atoms with Gasteiger partial charge in [0.15, 0.2) is 5.72 Å². The minimum absolute atomic E-state index is 0.183. The summed E-state index contributed by atoms with van der Waals surface area (Å²) in [6.07, 6.45) is 1.92. The van der Waals surface area contributed by atoms with Gasteiger partial charge in [0.25, 0.3) is 5.56 Å². The molecule has 1 fully saturated rings. The van der Waals surface area contributed by atoms with E-state index in [-0.39, 0.29) is 5.56 Å². The van der Waals surface area contributed by atoms with Gasteiger partial charge >= 0.3 is 0 Å². The van der Waals surface area contributed by atoms with Gasteiger partial charge in [0.2, 0.25) is 0 Å². The van der Waals surface area contributed by atoms with Crippen molar-refractivity contribution in [2.24, 2.45) is 0 Å². The molecule has 0 radical (unpaired) electrons. The smallest absolute Gasteiger partial charge is 0.271 e. The molecule has 26 heavy (non-hydrogen) atoms.